The van der Waals surface area contributed by atoms with Crippen molar-refractivity contribution < 1.29 is 4.74 Å². The summed E-state index contributed by atoms with van der Waals surface area (Å²) in [6, 6.07) is 0. The Hall–Kier alpha value is -0.410. The summed E-state index contributed by atoms with van der Waals surface area (Å²) in [4.78, 5) is 9.30. The summed E-state index contributed by atoms with van der Waals surface area (Å²) in [7, 11) is 1.79. The van der Waals surface area contributed by atoms with Gasteiger partial charge in [0.25, 0.3) is 0 Å². The first kappa shape index (κ1) is 22.6. The molecule has 0 spiro atoms. The molecule has 2 rings (SSSR count). The van der Waals surface area contributed by atoms with Crippen LogP contribution in [0.15, 0.2) is 10.4 Å². The van der Waals surface area contributed by atoms with E-state index in [1.165, 1.54) is 30.7 Å². The molecule has 1 aromatic rings. The molecule has 0 radical (unpaired) electrons. The number of rotatable bonds is 9. The standard InChI is InChI=1S/C18H32N4OS.HI/c1-4-16-22-15(13-24-16)12-20-17(19-5-2)21-14-18(10-11-23-3)8-6-7-9-18;/h13H,4-12,14H2,1-3H3,(H2,19,20,21);1H. The van der Waals surface area contributed by atoms with Crippen molar-refractivity contribution in [1.29, 1.82) is 0 Å². The minimum Gasteiger partial charge on any atom is -0.385 e. The molecular weight excluding hydrogens is 447 g/mol. The number of aliphatic imine (C=N–C) groups is 1. The van der Waals surface area contributed by atoms with E-state index in [0.717, 1.165) is 44.2 Å². The Morgan fingerprint density at radius 2 is 2.08 bits per heavy atom. The van der Waals surface area contributed by atoms with Gasteiger partial charge >= 0.3 is 0 Å². The number of hydrogen-bond acceptors (Lipinski definition) is 4. The molecule has 0 aromatic carbocycles. The molecule has 0 saturated heterocycles. The minimum atomic E-state index is 0. The van der Waals surface area contributed by atoms with Crippen LogP contribution in [-0.4, -0.2) is 37.7 Å². The van der Waals surface area contributed by atoms with Crippen LogP contribution in [0.3, 0.4) is 0 Å². The molecule has 1 fully saturated rings. The topological polar surface area (TPSA) is 58.5 Å². The Kier molecular flexibility index (Phi) is 10.9. The predicted octanol–water partition coefficient (Wildman–Crippen LogP) is 3.98. The maximum atomic E-state index is 5.32. The lowest BCUT2D eigenvalue weighted by Gasteiger charge is -2.30. The molecule has 1 aliphatic rings. The van der Waals surface area contributed by atoms with E-state index in [4.69, 9.17) is 9.73 Å². The van der Waals surface area contributed by atoms with Crippen LogP contribution in [0.5, 0.6) is 0 Å². The monoisotopic (exact) mass is 480 g/mol. The van der Waals surface area contributed by atoms with Gasteiger partial charge in [0.05, 0.1) is 17.2 Å². The van der Waals surface area contributed by atoms with Crippen molar-refractivity contribution in [2.75, 3.05) is 26.8 Å². The highest BCUT2D eigenvalue weighted by molar-refractivity contribution is 14.0. The summed E-state index contributed by atoms with van der Waals surface area (Å²) >= 11 is 1.72. The number of thiazole rings is 1. The number of nitrogens with zero attached hydrogens (tertiary/aromatic N) is 2. The van der Waals surface area contributed by atoms with Crippen LogP contribution < -0.4 is 10.6 Å². The molecule has 5 nitrogen and oxygen atoms in total. The normalized spacial score (nSPS) is 16.5. The SMILES string of the molecule is CCNC(=NCc1csc(CC)n1)NCC1(CCOC)CCCC1.I. The van der Waals surface area contributed by atoms with Gasteiger partial charge in [-0.05, 0) is 38.0 Å². The van der Waals surface area contributed by atoms with Gasteiger partial charge in [0.2, 0.25) is 0 Å². The summed E-state index contributed by atoms with van der Waals surface area (Å²) in [5, 5.41) is 10.2. The van der Waals surface area contributed by atoms with Gasteiger partial charge in [-0.3, -0.25) is 0 Å². The molecule has 0 bridgehead atoms. The number of aryl methyl sites for hydroxylation is 1. The third kappa shape index (κ3) is 7.38. The lowest BCUT2D eigenvalue weighted by Crippen LogP contribution is -2.43. The van der Waals surface area contributed by atoms with E-state index in [1.54, 1.807) is 18.4 Å². The third-order valence-electron chi connectivity index (χ3n) is 4.78. The molecule has 1 saturated carbocycles. The molecule has 2 N–H and O–H groups in total. The number of halogens is 1. The molecule has 1 aromatic heterocycles. The van der Waals surface area contributed by atoms with Crippen LogP contribution >= 0.6 is 35.3 Å². The molecule has 7 heteroatoms. The van der Waals surface area contributed by atoms with Gasteiger partial charge < -0.3 is 15.4 Å². The van der Waals surface area contributed by atoms with Crippen LogP contribution in [0.2, 0.25) is 0 Å². The fourth-order valence-electron chi connectivity index (χ4n) is 3.32. The van der Waals surface area contributed by atoms with Gasteiger partial charge in [-0.2, -0.15) is 0 Å². The van der Waals surface area contributed by atoms with Crippen molar-refractivity contribution in [2.24, 2.45) is 10.4 Å². The van der Waals surface area contributed by atoms with E-state index in [9.17, 15) is 0 Å². The average Bonchev–Trinajstić information content (AvgIpc) is 3.25. The maximum absolute atomic E-state index is 5.32. The van der Waals surface area contributed by atoms with E-state index < -0.39 is 0 Å². The average molecular weight is 480 g/mol. The number of aromatic nitrogens is 1. The van der Waals surface area contributed by atoms with Crippen molar-refractivity contribution in [3.05, 3.63) is 16.1 Å². The zero-order chi connectivity index (χ0) is 17.3. The van der Waals surface area contributed by atoms with Gasteiger partial charge in [0.1, 0.15) is 0 Å². The first-order valence-corrected chi connectivity index (χ1v) is 10.0. The Bertz CT molecular complexity index is 515. The highest BCUT2D eigenvalue weighted by Gasteiger charge is 2.33. The molecule has 1 heterocycles. The van der Waals surface area contributed by atoms with Crippen LogP contribution in [-0.2, 0) is 17.7 Å². The first-order valence-electron chi connectivity index (χ1n) is 9.16. The lowest BCUT2D eigenvalue weighted by atomic mass is 9.83. The van der Waals surface area contributed by atoms with Gasteiger partial charge in [0.15, 0.2) is 5.96 Å². The Morgan fingerprint density at radius 3 is 2.68 bits per heavy atom. The van der Waals surface area contributed by atoms with Crippen LogP contribution in [0.25, 0.3) is 0 Å². The number of nitrogens with one attached hydrogen (secondary N) is 2. The number of ether oxygens (including phenoxy) is 1. The van der Waals surface area contributed by atoms with Gasteiger partial charge in [-0.25, -0.2) is 9.98 Å². The van der Waals surface area contributed by atoms with E-state index in [2.05, 4.69) is 34.8 Å². The number of hydrogen-bond donors (Lipinski definition) is 2. The largest absolute Gasteiger partial charge is 0.385 e. The molecule has 0 aliphatic heterocycles. The Balaban J connectivity index is 0.00000312. The van der Waals surface area contributed by atoms with Crippen LogP contribution in [0, 0.1) is 5.41 Å². The molecule has 0 atom stereocenters. The summed E-state index contributed by atoms with van der Waals surface area (Å²) in [6.45, 7) is 7.56. The number of methoxy groups -OCH3 is 1. The summed E-state index contributed by atoms with van der Waals surface area (Å²) in [5.41, 5.74) is 1.42. The molecule has 25 heavy (non-hydrogen) atoms. The minimum absolute atomic E-state index is 0. The zero-order valence-electron chi connectivity index (χ0n) is 15.8. The molecule has 0 unspecified atom stereocenters. The van der Waals surface area contributed by atoms with Crippen LogP contribution in [0.4, 0.5) is 0 Å². The smallest absolute Gasteiger partial charge is 0.191 e. The fraction of sp³-hybridized carbons (Fsp3) is 0.778. The van der Waals surface area contributed by atoms with Crippen molar-refractivity contribution >= 4 is 41.3 Å². The lowest BCUT2D eigenvalue weighted by molar-refractivity contribution is 0.138. The summed E-state index contributed by atoms with van der Waals surface area (Å²) in [5.74, 6) is 0.896. The summed E-state index contributed by atoms with van der Waals surface area (Å²) < 4.78 is 5.32. The van der Waals surface area contributed by atoms with Crippen molar-refractivity contribution in [1.82, 2.24) is 15.6 Å². The second-order valence-electron chi connectivity index (χ2n) is 6.58. The third-order valence-corrected chi connectivity index (χ3v) is 5.82. The highest BCUT2D eigenvalue weighted by Crippen LogP contribution is 2.40. The second-order valence-corrected chi connectivity index (χ2v) is 7.53. The molecule has 1 aliphatic carbocycles. The van der Waals surface area contributed by atoms with Gasteiger partial charge in [-0.15, -0.1) is 35.3 Å². The van der Waals surface area contributed by atoms with Crippen molar-refractivity contribution in [3.8, 4) is 0 Å². The summed E-state index contributed by atoms with van der Waals surface area (Å²) in [6.07, 6.45) is 7.36. The fourth-order valence-corrected chi connectivity index (χ4v) is 4.05. The van der Waals surface area contributed by atoms with Crippen molar-refractivity contribution in [2.45, 2.75) is 58.9 Å². The first-order chi connectivity index (χ1) is 11.7. The van der Waals surface area contributed by atoms with Gasteiger partial charge in [-0.1, -0.05) is 19.8 Å². The second kappa shape index (κ2) is 12.1. The predicted molar refractivity (Wildman–Crippen MR) is 117 cm³/mol. The molecule has 0 amide bonds. The van der Waals surface area contributed by atoms with E-state index >= 15 is 0 Å². The molecular formula is C18H33IN4OS. The zero-order valence-corrected chi connectivity index (χ0v) is 18.9. The van der Waals surface area contributed by atoms with Gasteiger partial charge in [0, 0.05) is 32.2 Å². The molecule has 144 valence electrons. The Morgan fingerprint density at radius 1 is 1.32 bits per heavy atom. The van der Waals surface area contributed by atoms with Crippen LogP contribution in [0.1, 0.15) is 56.7 Å². The van der Waals surface area contributed by atoms with E-state index in [-0.39, 0.29) is 24.0 Å². The quantitative estimate of drug-likeness (QED) is 0.319. The van der Waals surface area contributed by atoms with Crippen molar-refractivity contribution in [3.63, 3.8) is 0 Å². The van der Waals surface area contributed by atoms with E-state index in [0.29, 0.717) is 12.0 Å². The maximum Gasteiger partial charge on any atom is 0.191 e. The van der Waals surface area contributed by atoms with E-state index in [1.807, 2.05) is 0 Å². The highest BCUT2D eigenvalue weighted by atomic mass is 127. The Labute approximate surface area is 173 Å². The number of guanidine groups is 1.